The fraction of sp³-hybridized carbons (Fsp3) is 0.379. The smallest absolute Gasteiger partial charge is 0.261 e. The van der Waals surface area contributed by atoms with E-state index in [1.54, 1.807) is 31.4 Å². The van der Waals surface area contributed by atoms with Crippen LogP contribution in [0.5, 0.6) is 11.5 Å². The predicted molar refractivity (Wildman–Crippen MR) is 142 cm³/mol. The van der Waals surface area contributed by atoms with Gasteiger partial charge in [0.05, 0.1) is 23.6 Å². The first-order valence-corrected chi connectivity index (χ1v) is 13.4. The lowest BCUT2D eigenvalue weighted by Crippen LogP contribution is -2.31. The van der Waals surface area contributed by atoms with Gasteiger partial charge in [0.1, 0.15) is 17.1 Å². The predicted octanol–water partition coefficient (Wildman–Crippen LogP) is 6.85. The second-order valence-corrected chi connectivity index (χ2v) is 11.9. The van der Waals surface area contributed by atoms with E-state index in [0.717, 1.165) is 33.6 Å². The summed E-state index contributed by atoms with van der Waals surface area (Å²) in [5.74, 6) is 1.89. The molecule has 1 aliphatic rings. The second kappa shape index (κ2) is 8.90. The summed E-state index contributed by atoms with van der Waals surface area (Å²) in [7, 11) is -2.24. The standard InChI is InChI=1S/C29H35NO4S/c1-17(2)21-9-11-22(12-10-21)26-25-20(5)27(18(3)19(4)28(25)34-29(26,6)7)30-35(31,32)24-15-13-23(33-8)14-16-24/h9-17,26,30H,1-8H3. The molecule has 1 N–H and O–H groups in total. The van der Waals surface area contributed by atoms with E-state index in [2.05, 4.69) is 56.7 Å². The molecule has 0 fully saturated rings. The van der Waals surface area contributed by atoms with E-state index in [4.69, 9.17) is 9.47 Å². The van der Waals surface area contributed by atoms with Gasteiger partial charge in [0.15, 0.2) is 0 Å². The Morgan fingerprint density at radius 2 is 1.51 bits per heavy atom. The molecule has 6 heteroatoms. The van der Waals surface area contributed by atoms with Gasteiger partial charge in [-0.2, -0.15) is 0 Å². The summed E-state index contributed by atoms with van der Waals surface area (Å²) in [6, 6.07) is 15.1. The molecule has 3 aromatic carbocycles. The van der Waals surface area contributed by atoms with Crippen molar-refractivity contribution in [2.24, 2.45) is 0 Å². The first-order chi connectivity index (χ1) is 16.4. The van der Waals surface area contributed by atoms with E-state index in [0.29, 0.717) is 17.4 Å². The summed E-state index contributed by atoms with van der Waals surface area (Å²) in [5, 5.41) is 0. The van der Waals surface area contributed by atoms with Crippen LogP contribution in [0.25, 0.3) is 0 Å². The van der Waals surface area contributed by atoms with Gasteiger partial charge in [0.2, 0.25) is 0 Å². The zero-order valence-electron chi connectivity index (χ0n) is 21.8. The number of fused-ring (bicyclic) bond motifs is 1. The number of benzene rings is 3. The molecule has 0 saturated heterocycles. The van der Waals surface area contributed by atoms with E-state index >= 15 is 0 Å². The number of hydrogen-bond acceptors (Lipinski definition) is 4. The molecule has 1 heterocycles. The van der Waals surface area contributed by atoms with Gasteiger partial charge >= 0.3 is 0 Å². The SMILES string of the molecule is COc1ccc(S(=O)(=O)Nc2c(C)c(C)c3c(c2C)C(c2ccc(C(C)C)cc2)C(C)(C)O3)cc1. The Kier molecular flexibility index (Phi) is 6.39. The minimum atomic E-state index is -3.79. The van der Waals surface area contributed by atoms with Gasteiger partial charge in [0.25, 0.3) is 10.0 Å². The molecule has 0 saturated carbocycles. The highest BCUT2D eigenvalue weighted by Crippen LogP contribution is 2.53. The van der Waals surface area contributed by atoms with Gasteiger partial charge in [-0.25, -0.2) is 8.42 Å². The van der Waals surface area contributed by atoms with E-state index in [-0.39, 0.29) is 10.8 Å². The van der Waals surface area contributed by atoms with Crippen molar-refractivity contribution in [3.63, 3.8) is 0 Å². The first-order valence-electron chi connectivity index (χ1n) is 12.0. The molecule has 3 aromatic rings. The molecule has 0 aliphatic carbocycles. The topological polar surface area (TPSA) is 64.6 Å². The molecule has 1 aliphatic heterocycles. The van der Waals surface area contributed by atoms with Crippen molar-refractivity contribution in [3.8, 4) is 11.5 Å². The highest BCUT2D eigenvalue weighted by molar-refractivity contribution is 7.92. The number of hydrogen-bond donors (Lipinski definition) is 1. The molecule has 0 radical (unpaired) electrons. The summed E-state index contributed by atoms with van der Waals surface area (Å²) in [6.07, 6.45) is 0. The van der Waals surface area contributed by atoms with Crippen LogP contribution >= 0.6 is 0 Å². The maximum absolute atomic E-state index is 13.3. The van der Waals surface area contributed by atoms with E-state index in [1.165, 1.54) is 5.56 Å². The number of anilines is 1. The molecule has 35 heavy (non-hydrogen) atoms. The number of methoxy groups -OCH3 is 1. The minimum Gasteiger partial charge on any atom is -0.497 e. The summed E-state index contributed by atoms with van der Waals surface area (Å²) < 4.78 is 41.2. The molecular weight excluding hydrogens is 458 g/mol. The molecule has 186 valence electrons. The average Bonchev–Trinajstić information content (AvgIpc) is 3.11. The van der Waals surface area contributed by atoms with Crippen molar-refractivity contribution in [1.82, 2.24) is 0 Å². The average molecular weight is 494 g/mol. The van der Waals surface area contributed by atoms with Gasteiger partial charge in [-0.3, -0.25) is 4.72 Å². The maximum Gasteiger partial charge on any atom is 0.261 e. The Bertz CT molecular complexity index is 1360. The molecule has 5 nitrogen and oxygen atoms in total. The van der Waals surface area contributed by atoms with Crippen LogP contribution in [0.2, 0.25) is 0 Å². The monoisotopic (exact) mass is 493 g/mol. The third-order valence-electron chi connectivity index (χ3n) is 7.19. The summed E-state index contributed by atoms with van der Waals surface area (Å²) in [6.45, 7) is 14.5. The van der Waals surface area contributed by atoms with E-state index in [9.17, 15) is 8.42 Å². The Balaban J connectivity index is 1.83. The largest absolute Gasteiger partial charge is 0.497 e. The molecule has 0 amide bonds. The molecule has 1 unspecified atom stereocenters. The molecule has 0 aromatic heterocycles. The lowest BCUT2D eigenvalue weighted by Gasteiger charge is -2.27. The molecule has 0 spiro atoms. The number of rotatable bonds is 6. The van der Waals surface area contributed by atoms with Crippen molar-refractivity contribution in [3.05, 3.63) is 81.9 Å². The summed E-state index contributed by atoms with van der Waals surface area (Å²) in [5.41, 5.74) is 6.34. The van der Waals surface area contributed by atoms with Crippen LogP contribution in [0.1, 0.15) is 72.9 Å². The Morgan fingerprint density at radius 1 is 0.914 bits per heavy atom. The highest BCUT2D eigenvalue weighted by atomic mass is 32.2. The van der Waals surface area contributed by atoms with Gasteiger partial charge in [-0.15, -0.1) is 0 Å². The van der Waals surface area contributed by atoms with Crippen molar-refractivity contribution in [1.29, 1.82) is 0 Å². The summed E-state index contributed by atoms with van der Waals surface area (Å²) >= 11 is 0. The number of ether oxygens (including phenoxy) is 2. The number of sulfonamides is 1. The number of nitrogens with one attached hydrogen (secondary N) is 1. The van der Waals surface area contributed by atoms with Crippen molar-refractivity contribution in [2.75, 3.05) is 11.8 Å². The quantitative estimate of drug-likeness (QED) is 0.408. The van der Waals surface area contributed by atoms with Crippen LogP contribution in [0.3, 0.4) is 0 Å². The molecule has 1 atom stereocenters. The van der Waals surface area contributed by atoms with Gasteiger partial charge in [0, 0.05) is 5.56 Å². The molecule has 0 bridgehead atoms. The lowest BCUT2D eigenvalue weighted by molar-refractivity contribution is 0.121. The van der Waals surface area contributed by atoms with Gasteiger partial charge in [-0.1, -0.05) is 38.1 Å². The van der Waals surface area contributed by atoms with Crippen molar-refractivity contribution >= 4 is 15.7 Å². The lowest BCUT2D eigenvalue weighted by atomic mass is 9.78. The van der Waals surface area contributed by atoms with Gasteiger partial charge in [-0.05, 0) is 92.6 Å². The van der Waals surface area contributed by atoms with Crippen LogP contribution in [0.4, 0.5) is 5.69 Å². The normalized spacial score (nSPS) is 16.7. The zero-order chi connectivity index (χ0) is 25.7. The summed E-state index contributed by atoms with van der Waals surface area (Å²) in [4.78, 5) is 0.188. The first kappa shape index (κ1) is 25.1. The Hall–Kier alpha value is -2.99. The van der Waals surface area contributed by atoms with E-state index < -0.39 is 15.6 Å². The second-order valence-electron chi connectivity index (χ2n) is 10.2. The molecular formula is C29H35NO4S. The zero-order valence-corrected chi connectivity index (χ0v) is 22.6. The van der Waals surface area contributed by atoms with Gasteiger partial charge < -0.3 is 9.47 Å². The fourth-order valence-electron chi connectivity index (χ4n) is 5.04. The fourth-order valence-corrected chi connectivity index (χ4v) is 6.22. The van der Waals surface area contributed by atoms with Crippen molar-refractivity contribution in [2.45, 2.75) is 70.8 Å². The highest BCUT2D eigenvalue weighted by Gasteiger charge is 2.45. The Morgan fingerprint density at radius 3 is 2.06 bits per heavy atom. The minimum absolute atomic E-state index is 0.0257. The van der Waals surface area contributed by atoms with Crippen LogP contribution in [0, 0.1) is 20.8 Å². The van der Waals surface area contributed by atoms with Crippen LogP contribution < -0.4 is 14.2 Å². The van der Waals surface area contributed by atoms with Crippen molar-refractivity contribution < 1.29 is 17.9 Å². The van der Waals surface area contributed by atoms with Crippen LogP contribution in [0.15, 0.2) is 53.4 Å². The third kappa shape index (κ3) is 4.40. The maximum atomic E-state index is 13.3. The molecule has 4 rings (SSSR count). The third-order valence-corrected chi connectivity index (χ3v) is 8.56. The van der Waals surface area contributed by atoms with Crippen LogP contribution in [-0.4, -0.2) is 21.1 Å². The van der Waals surface area contributed by atoms with E-state index in [1.807, 2.05) is 20.8 Å². The van der Waals surface area contributed by atoms with Crippen LogP contribution in [-0.2, 0) is 10.0 Å². The Labute approximate surface area is 209 Å².